The van der Waals surface area contributed by atoms with Crippen LogP contribution in [0, 0.1) is 17.8 Å². The summed E-state index contributed by atoms with van der Waals surface area (Å²) in [6, 6.07) is 3.65. The number of aromatic nitrogens is 1. The second-order valence-electron chi connectivity index (χ2n) is 5.32. The van der Waals surface area contributed by atoms with E-state index in [2.05, 4.69) is 22.1 Å². The van der Waals surface area contributed by atoms with Gasteiger partial charge in [-0.15, -0.1) is 0 Å². The number of hydrogen-bond donors (Lipinski definition) is 1. The predicted molar refractivity (Wildman–Crippen MR) is 81.7 cm³/mol. The van der Waals surface area contributed by atoms with E-state index >= 15 is 0 Å². The minimum atomic E-state index is 0.115. The van der Waals surface area contributed by atoms with Crippen molar-refractivity contribution < 1.29 is 9.53 Å². The van der Waals surface area contributed by atoms with Gasteiger partial charge in [0.25, 0.3) is 0 Å². The highest BCUT2D eigenvalue weighted by Crippen LogP contribution is 2.25. The maximum atomic E-state index is 11.7. The number of carbonyl (C=O) groups excluding carboxylic acids is 1. The molecule has 0 spiro atoms. The van der Waals surface area contributed by atoms with E-state index in [-0.39, 0.29) is 5.91 Å². The Balaban J connectivity index is 1.56. The molecule has 0 aliphatic heterocycles. The number of rotatable bonds is 5. The zero-order valence-corrected chi connectivity index (χ0v) is 12.3. The van der Waals surface area contributed by atoms with Gasteiger partial charge in [-0.05, 0) is 30.9 Å². The maximum absolute atomic E-state index is 11.7. The molecule has 1 amide bonds. The number of carbonyl (C=O) groups is 1. The average molecular weight is 286 g/mol. The minimum Gasteiger partial charge on any atom is -0.479 e. The topological polar surface area (TPSA) is 51.2 Å². The van der Waals surface area contributed by atoms with Crippen LogP contribution < -0.4 is 10.1 Å². The summed E-state index contributed by atoms with van der Waals surface area (Å²) in [7, 11) is 0. The Bertz CT molecular complexity index is 485. The van der Waals surface area contributed by atoms with E-state index in [1.165, 1.54) is 32.1 Å². The monoisotopic (exact) mass is 286 g/mol. The highest BCUT2D eigenvalue weighted by molar-refractivity contribution is 5.76. The Morgan fingerprint density at radius 2 is 2.19 bits per heavy atom. The van der Waals surface area contributed by atoms with Crippen molar-refractivity contribution in [2.24, 2.45) is 5.92 Å². The number of hydrogen-bond acceptors (Lipinski definition) is 3. The first kappa shape index (κ1) is 15.4. The minimum absolute atomic E-state index is 0.115. The van der Waals surface area contributed by atoms with E-state index in [4.69, 9.17) is 4.74 Å². The van der Waals surface area contributed by atoms with Crippen molar-refractivity contribution in [3.8, 4) is 17.6 Å². The van der Waals surface area contributed by atoms with E-state index in [1.807, 2.05) is 12.1 Å². The summed E-state index contributed by atoms with van der Waals surface area (Å²) in [6.07, 6.45) is 10.2. The van der Waals surface area contributed by atoms with Crippen molar-refractivity contribution in [2.45, 2.75) is 38.5 Å². The van der Waals surface area contributed by atoms with Crippen LogP contribution in [0.3, 0.4) is 0 Å². The molecule has 4 heteroatoms. The van der Waals surface area contributed by atoms with E-state index < -0.39 is 0 Å². The van der Waals surface area contributed by atoms with Gasteiger partial charge in [-0.2, -0.15) is 0 Å². The lowest BCUT2D eigenvalue weighted by atomic mass is 9.87. The molecule has 4 nitrogen and oxygen atoms in total. The van der Waals surface area contributed by atoms with Crippen LogP contribution in [-0.2, 0) is 4.79 Å². The fourth-order valence-electron chi connectivity index (χ4n) is 2.53. The Morgan fingerprint density at radius 3 is 2.95 bits per heavy atom. The van der Waals surface area contributed by atoms with Crippen LogP contribution >= 0.6 is 0 Å². The Kier molecular flexibility index (Phi) is 6.60. The van der Waals surface area contributed by atoms with Gasteiger partial charge in [-0.25, -0.2) is 0 Å². The van der Waals surface area contributed by atoms with Crippen molar-refractivity contribution in [1.82, 2.24) is 10.3 Å². The molecule has 0 saturated heterocycles. The lowest BCUT2D eigenvalue weighted by molar-refractivity contribution is -0.122. The van der Waals surface area contributed by atoms with Crippen LogP contribution in [0.15, 0.2) is 24.5 Å². The molecule has 1 aliphatic carbocycles. The third-order valence-electron chi connectivity index (χ3n) is 3.64. The van der Waals surface area contributed by atoms with Crippen LogP contribution in [0.1, 0.15) is 38.5 Å². The molecule has 0 radical (unpaired) electrons. The van der Waals surface area contributed by atoms with E-state index in [0.29, 0.717) is 31.2 Å². The van der Waals surface area contributed by atoms with Gasteiger partial charge in [-0.3, -0.25) is 9.78 Å². The lowest BCUT2D eigenvalue weighted by Gasteiger charge is -2.20. The predicted octanol–water partition coefficient (Wildman–Crippen LogP) is 2.55. The molecule has 112 valence electrons. The van der Waals surface area contributed by atoms with Crippen molar-refractivity contribution in [3.63, 3.8) is 0 Å². The number of nitrogens with zero attached hydrogens (tertiary/aromatic N) is 1. The van der Waals surface area contributed by atoms with Gasteiger partial charge in [-0.1, -0.05) is 31.1 Å². The fourth-order valence-corrected chi connectivity index (χ4v) is 2.53. The summed E-state index contributed by atoms with van der Waals surface area (Å²) in [6.45, 7) is 0.701. The van der Waals surface area contributed by atoms with E-state index in [1.54, 1.807) is 12.4 Å². The van der Waals surface area contributed by atoms with Gasteiger partial charge < -0.3 is 10.1 Å². The van der Waals surface area contributed by atoms with Gasteiger partial charge in [0, 0.05) is 12.6 Å². The number of pyridine rings is 1. The molecule has 2 rings (SSSR count). The van der Waals surface area contributed by atoms with Gasteiger partial charge >= 0.3 is 0 Å². The Labute approximate surface area is 126 Å². The molecule has 0 bridgehead atoms. The molecule has 1 fully saturated rings. The molecule has 1 aliphatic rings. The molecular weight excluding hydrogens is 264 g/mol. The number of ether oxygens (including phenoxy) is 1. The molecule has 21 heavy (non-hydrogen) atoms. The molecular formula is C17H22N2O2. The molecule has 1 aromatic rings. The summed E-state index contributed by atoms with van der Waals surface area (Å²) in [5.41, 5.74) is 0. The van der Waals surface area contributed by atoms with Crippen LogP contribution in [0.5, 0.6) is 5.75 Å². The van der Waals surface area contributed by atoms with Crippen molar-refractivity contribution in [3.05, 3.63) is 24.5 Å². The molecule has 1 saturated carbocycles. The standard InChI is InChI=1S/C17H22N2O2/c20-17(13-15-7-2-1-3-8-15)19-11-4-5-12-21-16-9-6-10-18-14-16/h6,9-10,14-15H,1-3,7-8,11-13H2,(H,19,20). The van der Waals surface area contributed by atoms with Crippen LogP contribution in [0.25, 0.3) is 0 Å². The number of amides is 1. The maximum Gasteiger partial charge on any atom is 0.221 e. The van der Waals surface area contributed by atoms with Crippen molar-refractivity contribution >= 4 is 5.91 Å². The van der Waals surface area contributed by atoms with Crippen molar-refractivity contribution in [2.75, 3.05) is 13.2 Å². The number of nitrogens with one attached hydrogen (secondary N) is 1. The second kappa shape index (κ2) is 9.02. The summed E-state index contributed by atoms with van der Waals surface area (Å²) >= 11 is 0. The lowest BCUT2D eigenvalue weighted by Crippen LogP contribution is -2.26. The Morgan fingerprint density at radius 1 is 1.33 bits per heavy atom. The summed E-state index contributed by atoms with van der Waals surface area (Å²) in [5, 5.41) is 2.85. The largest absolute Gasteiger partial charge is 0.479 e. The molecule has 1 aromatic heterocycles. The third-order valence-corrected chi connectivity index (χ3v) is 3.64. The van der Waals surface area contributed by atoms with E-state index in [9.17, 15) is 4.79 Å². The Hall–Kier alpha value is -2.02. The third kappa shape index (κ3) is 6.31. The first-order chi connectivity index (χ1) is 10.3. The molecule has 1 N–H and O–H groups in total. The van der Waals surface area contributed by atoms with Gasteiger partial charge in [0.1, 0.15) is 12.4 Å². The van der Waals surface area contributed by atoms with Gasteiger partial charge in [0.2, 0.25) is 5.91 Å². The second-order valence-corrected chi connectivity index (χ2v) is 5.32. The first-order valence-corrected chi connectivity index (χ1v) is 7.60. The smallest absolute Gasteiger partial charge is 0.221 e. The SMILES string of the molecule is O=C(CC1CCCCC1)NCC#CCOc1cccnc1. The molecule has 0 aromatic carbocycles. The normalized spacial score (nSPS) is 14.9. The summed E-state index contributed by atoms with van der Waals surface area (Å²) in [5.74, 6) is 7.16. The van der Waals surface area contributed by atoms with Crippen LogP contribution in [-0.4, -0.2) is 24.0 Å². The highest BCUT2D eigenvalue weighted by atomic mass is 16.5. The molecule has 0 atom stereocenters. The van der Waals surface area contributed by atoms with Crippen LogP contribution in [0.4, 0.5) is 0 Å². The molecule has 0 unspecified atom stereocenters. The summed E-state index contributed by atoms with van der Waals surface area (Å²) < 4.78 is 5.39. The first-order valence-electron chi connectivity index (χ1n) is 7.60. The molecule has 1 heterocycles. The zero-order chi connectivity index (χ0) is 14.8. The summed E-state index contributed by atoms with van der Waals surface area (Å²) in [4.78, 5) is 15.7. The van der Waals surface area contributed by atoms with Gasteiger partial charge in [0.05, 0.1) is 12.7 Å². The van der Waals surface area contributed by atoms with E-state index in [0.717, 1.165) is 0 Å². The van der Waals surface area contributed by atoms with Crippen molar-refractivity contribution in [1.29, 1.82) is 0 Å². The fraction of sp³-hybridized carbons (Fsp3) is 0.529. The average Bonchev–Trinajstić information content (AvgIpc) is 2.53. The van der Waals surface area contributed by atoms with Gasteiger partial charge in [0.15, 0.2) is 0 Å². The van der Waals surface area contributed by atoms with Crippen LogP contribution in [0.2, 0.25) is 0 Å². The highest BCUT2D eigenvalue weighted by Gasteiger charge is 2.16. The zero-order valence-electron chi connectivity index (χ0n) is 12.3. The quantitative estimate of drug-likeness (QED) is 0.846.